The van der Waals surface area contributed by atoms with Crippen LogP contribution in [-0.4, -0.2) is 6.21 Å². The molecule has 3 nitrogen and oxygen atoms in total. The summed E-state index contributed by atoms with van der Waals surface area (Å²) < 4.78 is 44.2. The van der Waals surface area contributed by atoms with Crippen LogP contribution in [0.2, 0.25) is 5.02 Å². The molecule has 144 valence electrons. The lowest BCUT2D eigenvalue weighted by atomic mass is 10.2. The zero-order chi connectivity index (χ0) is 20.0. The van der Waals surface area contributed by atoms with Gasteiger partial charge in [-0.1, -0.05) is 54.1 Å². The van der Waals surface area contributed by atoms with Gasteiger partial charge in [0.15, 0.2) is 0 Å². The first kappa shape index (κ1) is 19.8. The molecule has 0 spiro atoms. The van der Waals surface area contributed by atoms with Crippen LogP contribution in [0, 0.1) is 0 Å². The number of ether oxygens (including phenoxy) is 1. The Morgan fingerprint density at radius 2 is 1.75 bits per heavy atom. The molecule has 28 heavy (non-hydrogen) atoms. The van der Waals surface area contributed by atoms with Gasteiger partial charge < -0.3 is 4.74 Å². The molecule has 0 amide bonds. The van der Waals surface area contributed by atoms with Gasteiger partial charge >= 0.3 is 6.18 Å². The third-order valence-corrected chi connectivity index (χ3v) is 4.13. The number of rotatable bonds is 6. The normalized spacial score (nSPS) is 11.6. The van der Waals surface area contributed by atoms with Crippen molar-refractivity contribution < 1.29 is 17.9 Å². The van der Waals surface area contributed by atoms with E-state index < -0.39 is 11.7 Å². The zero-order valence-corrected chi connectivity index (χ0v) is 15.3. The van der Waals surface area contributed by atoms with E-state index in [0.717, 1.165) is 23.3 Å². The number of hydrogen-bond donors (Lipinski definition) is 1. The van der Waals surface area contributed by atoms with Gasteiger partial charge in [-0.05, 0) is 41.5 Å². The Bertz CT molecular complexity index is 959. The second kappa shape index (κ2) is 8.80. The highest BCUT2D eigenvalue weighted by Gasteiger charge is 2.30. The molecule has 0 atom stereocenters. The molecule has 0 aliphatic rings. The Morgan fingerprint density at radius 1 is 0.964 bits per heavy atom. The summed E-state index contributed by atoms with van der Waals surface area (Å²) in [7, 11) is 0. The molecule has 3 aromatic carbocycles. The summed E-state index contributed by atoms with van der Waals surface area (Å²) in [6.07, 6.45) is -2.97. The van der Waals surface area contributed by atoms with Gasteiger partial charge in [-0.2, -0.15) is 18.3 Å². The smallest absolute Gasteiger partial charge is 0.416 e. The number of nitrogens with one attached hydrogen (secondary N) is 1. The van der Waals surface area contributed by atoms with E-state index >= 15 is 0 Å². The van der Waals surface area contributed by atoms with Crippen LogP contribution in [0.25, 0.3) is 0 Å². The Labute approximate surface area is 165 Å². The van der Waals surface area contributed by atoms with Crippen LogP contribution in [0.3, 0.4) is 0 Å². The molecular weight excluding hydrogens is 389 g/mol. The second-order valence-electron chi connectivity index (χ2n) is 5.91. The summed E-state index contributed by atoms with van der Waals surface area (Å²) in [5.41, 5.74) is 3.59. The average Bonchev–Trinajstić information content (AvgIpc) is 2.68. The standard InChI is InChI=1S/C21H16ClF3N2O/c22-19-10-9-17(21(23,24)25)12-20(19)27-26-13-16-7-4-8-18(11-16)28-14-15-5-2-1-3-6-15/h1-13,27H,14H2/b26-13+. The molecule has 1 N–H and O–H groups in total. The van der Waals surface area contributed by atoms with E-state index in [1.807, 2.05) is 36.4 Å². The lowest BCUT2D eigenvalue weighted by Crippen LogP contribution is -2.05. The number of hydrazone groups is 1. The van der Waals surface area contributed by atoms with Crippen molar-refractivity contribution in [2.75, 3.05) is 5.43 Å². The maximum atomic E-state index is 12.8. The molecular formula is C21H16ClF3N2O. The van der Waals surface area contributed by atoms with Crippen molar-refractivity contribution in [1.29, 1.82) is 0 Å². The topological polar surface area (TPSA) is 33.6 Å². The average molecular weight is 405 g/mol. The fourth-order valence-corrected chi connectivity index (χ4v) is 2.55. The van der Waals surface area contributed by atoms with E-state index in [1.54, 1.807) is 18.2 Å². The van der Waals surface area contributed by atoms with Crippen LogP contribution < -0.4 is 10.2 Å². The SMILES string of the molecule is FC(F)(F)c1ccc(Cl)c(N/N=C/c2cccc(OCc3ccccc3)c2)c1. The minimum absolute atomic E-state index is 0.0734. The Kier molecular flexibility index (Phi) is 6.21. The van der Waals surface area contributed by atoms with Gasteiger partial charge in [-0.15, -0.1) is 0 Å². The molecule has 0 saturated carbocycles. The predicted octanol–water partition coefficient (Wildman–Crippen LogP) is 6.38. The number of halogens is 4. The van der Waals surface area contributed by atoms with E-state index in [-0.39, 0.29) is 10.7 Å². The van der Waals surface area contributed by atoms with Gasteiger partial charge in [0, 0.05) is 0 Å². The number of hydrogen-bond acceptors (Lipinski definition) is 3. The molecule has 0 heterocycles. The molecule has 3 aromatic rings. The maximum Gasteiger partial charge on any atom is 0.416 e. The van der Waals surface area contributed by atoms with Crippen molar-refractivity contribution in [3.05, 3.63) is 94.5 Å². The summed E-state index contributed by atoms with van der Waals surface area (Å²) in [5.74, 6) is 0.657. The lowest BCUT2D eigenvalue weighted by Gasteiger charge is -2.10. The van der Waals surface area contributed by atoms with Crippen LogP contribution >= 0.6 is 11.6 Å². The third kappa shape index (κ3) is 5.50. The summed E-state index contributed by atoms with van der Waals surface area (Å²) in [5, 5.41) is 4.12. The molecule has 0 fully saturated rings. The molecule has 0 bridgehead atoms. The Morgan fingerprint density at radius 3 is 2.50 bits per heavy atom. The fraction of sp³-hybridized carbons (Fsp3) is 0.0952. The van der Waals surface area contributed by atoms with Gasteiger partial charge in [-0.3, -0.25) is 5.43 Å². The van der Waals surface area contributed by atoms with Crippen LogP contribution in [-0.2, 0) is 12.8 Å². The highest BCUT2D eigenvalue weighted by atomic mass is 35.5. The summed E-state index contributed by atoms with van der Waals surface area (Å²) >= 11 is 5.93. The number of anilines is 1. The highest BCUT2D eigenvalue weighted by Crippen LogP contribution is 2.33. The molecule has 0 aliphatic heterocycles. The fourth-order valence-electron chi connectivity index (χ4n) is 2.39. The van der Waals surface area contributed by atoms with Crippen molar-refractivity contribution in [3.8, 4) is 5.75 Å². The molecule has 0 radical (unpaired) electrons. The van der Waals surface area contributed by atoms with Gasteiger partial charge in [0.05, 0.1) is 22.5 Å². The van der Waals surface area contributed by atoms with Crippen molar-refractivity contribution in [1.82, 2.24) is 0 Å². The number of alkyl halides is 3. The van der Waals surface area contributed by atoms with Gasteiger partial charge in [0.1, 0.15) is 12.4 Å². The van der Waals surface area contributed by atoms with Gasteiger partial charge in [-0.25, -0.2) is 0 Å². The molecule has 0 aliphatic carbocycles. The van der Waals surface area contributed by atoms with E-state index in [0.29, 0.717) is 12.4 Å². The quantitative estimate of drug-likeness (QED) is 0.382. The first-order valence-corrected chi connectivity index (χ1v) is 8.72. The molecule has 0 unspecified atom stereocenters. The Hall–Kier alpha value is -2.99. The van der Waals surface area contributed by atoms with Crippen LogP contribution in [0.4, 0.5) is 18.9 Å². The van der Waals surface area contributed by atoms with Crippen molar-refractivity contribution in [2.24, 2.45) is 5.10 Å². The first-order chi connectivity index (χ1) is 13.4. The highest BCUT2D eigenvalue weighted by molar-refractivity contribution is 6.33. The molecule has 7 heteroatoms. The Balaban J connectivity index is 1.65. The predicted molar refractivity (Wildman–Crippen MR) is 105 cm³/mol. The largest absolute Gasteiger partial charge is 0.489 e. The minimum Gasteiger partial charge on any atom is -0.489 e. The molecule has 3 rings (SSSR count). The minimum atomic E-state index is -4.45. The van der Waals surface area contributed by atoms with Crippen LogP contribution in [0.15, 0.2) is 77.9 Å². The monoisotopic (exact) mass is 404 g/mol. The summed E-state index contributed by atoms with van der Waals surface area (Å²) in [6, 6.07) is 20.0. The van der Waals surface area contributed by atoms with Crippen molar-refractivity contribution >= 4 is 23.5 Å². The zero-order valence-electron chi connectivity index (χ0n) is 14.6. The summed E-state index contributed by atoms with van der Waals surface area (Å²) in [4.78, 5) is 0. The van der Waals surface area contributed by atoms with Crippen molar-refractivity contribution in [3.63, 3.8) is 0 Å². The number of nitrogens with zero attached hydrogens (tertiary/aromatic N) is 1. The van der Waals surface area contributed by atoms with E-state index in [9.17, 15) is 13.2 Å². The maximum absolute atomic E-state index is 12.8. The van der Waals surface area contributed by atoms with Crippen LogP contribution in [0.1, 0.15) is 16.7 Å². The molecule has 0 aromatic heterocycles. The number of benzene rings is 3. The first-order valence-electron chi connectivity index (χ1n) is 8.34. The van der Waals surface area contributed by atoms with Crippen molar-refractivity contribution in [2.45, 2.75) is 12.8 Å². The second-order valence-corrected chi connectivity index (χ2v) is 6.32. The van der Waals surface area contributed by atoms with Gasteiger partial charge in [0.2, 0.25) is 0 Å². The summed E-state index contributed by atoms with van der Waals surface area (Å²) in [6.45, 7) is 0.430. The lowest BCUT2D eigenvalue weighted by molar-refractivity contribution is -0.137. The van der Waals surface area contributed by atoms with E-state index in [4.69, 9.17) is 16.3 Å². The van der Waals surface area contributed by atoms with Gasteiger partial charge in [0.25, 0.3) is 0 Å². The van der Waals surface area contributed by atoms with Crippen LogP contribution in [0.5, 0.6) is 5.75 Å². The third-order valence-electron chi connectivity index (χ3n) is 3.80. The van der Waals surface area contributed by atoms with E-state index in [1.165, 1.54) is 12.3 Å². The van der Waals surface area contributed by atoms with E-state index in [2.05, 4.69) is 10.5 Å². The molecule has 0 saturated heterocycles.